The molecule has 1 aliphatic heterocycles. The van der Waals surface area contributed by atoms with Gasteiger partial charge in [0.2, 0.25) is 10.0 Å². The number of sulfonamides is 1. The highest BCUT2D eigenvalue weighted by molar-refractivity contribution is 7.89. The Morgan fingerprint density at radius 1 is 0.938 bits per heavy atom. The Morgan fingerprint density at radius 3 is 2.25 bits per heavy atom. The summed E-state index contributed by atoms with van der Waals surface area (Å²) in [4.78, 5) is 22.9. The molecule has 0 amide bonds. The van der Waals surface area contributed by atoms with Crippen LogP contribution in [0.2, 0.25) is 0 Å². The molecule has 1 aliphatic rings. The van der Waals surface area contributed by atoms with Gasteiger partial charge in [-0.1, -0.05) is 12.1 Å². The molecule has 1 fully saturated rings. The van der Waals surface area contributed by atoms with Crippen molar-refractivity contribution < 1.29 is 13.2 Å². The zero-order chi connectivity index (χ0) is 23.0. The molecule has 1 aromatic carbocycles. The standard InChI is InChI=1S/C22H26N6O3S/c1-15-12-16(2)28(25-15)22-14-21(23-18(4)24-22)26-8-10-27(11-9-26)32(30,31)20-7-5-6-19(13-20)17(3)29/h5-7,12-14H,8-11H2,1-4H3. The second-order valence-corrected chi connectivity index (χ2v) is 9.88. The van der Waals surface area contributed by atoms with E-state index < -0.39 is 10.0 Å². The van der Waals surface area contributed by atoms with Crippen molar-refractivity contribution in [1.82, 2.24) is 24.1 Å². The largest absolute Gasteiger partial charge is 0.354 e. The van der Waals surface area contributed by atoms with E-state index in [4.69, 9.17) is 0 Å². The fourth-order valence-corrected chi connectivity index (χ4v) is 5.32. The molecule has 1 saturated heterocycles. The van der Waals surface area contributed by atoms with Crippen LogP contribution in [-0.4, -0.2) is 64.4 Å². The molecule has 0 aliphatic carbocycles. The first kappa shape index (κ1) is 22.1. The lowest BCUT2D eigenvalue weighted by atomic mass is 10.2. The van der Waals surface area contributed by atoms with Crippen LogP contribution in [0.15, 0.2) is 41.3 Å². The summed E-state index contributed by atoms with van der Waals surface area (Å²) in [6, 6.07) is 10.1. The maximum Gasteiger partial charge on any atom is 0.243 e. The van der Waals surface area contributed by atoms with Crippen LogP contribution in [-0.2, 0) is 10.0 Å². The number of carbonyl (C=O) groups is 1. The van der Waals surface area contributed by atoms with Crippen LogP contribution in [0.4, 0.5) is 5.82 Å². The zero-order valence-corrected chi connectivity index (χ0v) is 19.4. The first-order chi connectivity index (χ1) is 15.1. The number of nitrogens with zero attached hydrogens (tertiary/aromatic N) is 6. The average molecular weight is 455 g/mol. The molecule has 3 aromatic rings. The van der Waals surface area contributed by atoms with E-state index in [0.29, 0.717) is 43.4 Å². The van der Waals surface area contributed by atoms with E-state index in [1.165, 1.54) is 23.4 Å². The van der Waals surface area contributed by atoms with Gasteiger partial charge in [0.25, 0.3) is 0 Å². The molecule has 10 heteroatoms. The van der Waals surface area contributed by atoms with Crippen LogP contribution in [0.1, 0.15) is 34.5 Å². The number of rotatable bonds is 5. The Hall–Kier alpha value is -3.11. The predicted octanol–water partition coefficient (Wildman–Crippen LogP) is 2.30. The lowest BCUT2D eigenvalue weighted by Crippen LogP contribution is -2.49. The Morgan fingerprint density at radius 2 is 1.62 bits per heavy atom. The van der Waals surface area contributed by atoms with E-state index in [9.17, 15) is 13.2 Å². The lowest BCUT2D eigenvalue weighted by molar-refractivity contribution is 0.101. The highest BCUT2D eigenvalue weighted by Gasteiger charge is 2.29. The highest BCUT2D eigenvalue weighted by Crippen LogP contribution is 2.23. The van der Waals surface area contributed by atoms with Gasteiger partial charge in [-0.15, -0.1) is 0 Å². The quantitative estimate of drug-likeness (QED) is 0.545. The molecule has 3 heterocycles. The van der Waals surface area contributed by atoms with Gasteiger partial charge in [-0.25, -0.2) is 23.1 Å². The number of anilines is 1. The van der Waals surface area contributed by atoms with Crippen LogP contribution in [0.3, 0.4) is 0 Å². The van der Waals surface area contributed by atoms with Crippen molar-refractivity contribution in [2.45, 2.75) is 32.6 Å². The van der Waals surface area contributed by atoms with Crippen LogP contribution < -0.4 is 4.90 Å². The number of hydrogen-bond acceptors (Lipinski definition) is 7. The first-order valence-corrected chi connectivity index (χ1v) is 11.8. The average Bonchev–Trinajstić information content (AvgIpc) is 3.11. The number of piperazine rings is 1. The molecular weight excluding hydrogens is 428 g/mol. The number of aromatic nitrogens is 4. The molecule has 9 nitrogen and oxygen atoms in total. The van der Waals surface area contributed by atoms with E-state index in [-0.39, 0.29) is 10.7 Å². The van der Waals surface area contributed by atoms with Crippen molar-refractivity contribution in [3.8, 4) is 5.82 Å². The fraction of sp³-hybridized carbons (Fsp3) is 0.364. The van der Waals surface area contributed by atoms with Crippen molar-refractivity contribution in [3.05, 3.63) is 59.2 Å². The second-order valence-electron chi connectivity index (χ2n) is 7.95. The van der Waals surface area contributed by atoms with Gasteiger partial charge in [-0.2, -0.15) is 9.40 Å². The Bertz CT molecular complexity index is 1280. The van der Waals surface area contributed by atoms with Crippen molar-refractivity contribution in [1.29, 1.82) is 0 Å². The Balaban J connectivity index is 1.53. The molecule has 4 rings (SSSR count). The molecule has 2 aromatic heterocycles. The predicted molar refractivity (Wildman–Crippen MR) is 121 cm³/mol. The minimum atomic E-state index is -3.68. The van der Waals surface area contributed by atoms with Crippen LogP contribution >= 0.6 is 0 Å². The third-order valence-electron chi connectivity index (χ3n) is 5.48. The van der Waals surface area contributed by atoms with Crippen molar-refractivity contribution in [2.24, 2.45) is 0 Å². The third kappa shape index (κ3) is 4.28. The number of benzene rings is 1. The summed E-state index contributed by atoms with van der Waals surface area (Å²) in [5, 5.41) is 4.50. The van der Waals surface area contributed by atoms with E-state index in [1.807, 2.05) is 32.9 Å². The van der Waals surface area contributed by atoms with Crippen LogP contribution in [0.5, 0.6) is 0 Å². The number of Topliss-reactive ketones (excluding diaryl/α,β-unsaturated/α-hetero) is 1. The van der Waals surface area contributed by atoms with Crippen LogP contribution in [0, 0.1) is 20.8 Å². The molecule has 0 unspecified atom stereocenters. The topological polar surface area (TPSA) is 101 Å². The smallest absolute Gasteiger partial charge is 0.243 e. The summed E-state index contributed by atoms with van der Waals surface area (Å²) in [6.45, 7) is 8.81. The molecule has 0 spiro atoms. The number of hydrogen-bond donors (Lipinski definition) is 0. The van der Waals surface area contributed by atoms with Gasteiger partial charge in [-0.05, 0) is 45.9 Å². The Labute approximate surface area is 187 Å². The fourth-order valence-electron chi connectivity index (χ4n) is 3.85. The first-order valence-electron chi connectivity index (χ1n) is 10.4. The van der Waals surface area contributed by atoms with Gasteiger partial charge in [0.05, 0.1) is 10.6 Å². The van der Waals surface area contributed by atoms with E-state index in [0.717, 1.165) is 17.2 Å². The van der Waals surface area contributed by atoms with Crippen molar-refractivity contribution in [2.75, 3.05) is 31.1 Å². The second kappa shape index (κ2) is 8.44. The zero-order valence-electron chi connectivity index (χ0n) is 18.6. The van der Waals surface area contributed by atoms with E-state index in [1.54, 1.807) is 16.8 Å². The summed E-state index contributed by atoms with van der Waals surface area (Å²) in [6.07, 6.45) is 0. The SMILES string of the molecule is CC(=O)c1cccc(S(=O)(=O)N2CCN(c3cc(-n4nc(C)cc4C)nc(C)n3)CC2)c1. The van der Waals surface area contributed by atoms with Crippen LogP contribution in [0.25, 0.3) is 5.82 Å². The van der Waals surface area contributed by atoms with Gasteiger partial charge in [0.1, 0.15) is 11.6 Å². The van der Waals surface area contributed by atoms with Gasteiger partial charge >= 0.3 is 0 Å². The lowest BCUT2D eigenvalue weighted by Gasteiger charge is -2.34. The summed E-state index contributed by atoms with van der Waals surface area (Å²) < 4.78 is 29.4. The molecule has 0 atom stereocenters. The van der Waals surface area contributed by atoms with Gasteiger partial charge in [0, 0.05) is 43.5 Å². The summed E-state index contributed by atoms with van der Waals surface area (Å²) in [7, 11) is -3.68. The maximum atomic E-state index is 13.1. The Kier molecular flexibility index (Phi) is 5.83. The van der Waals surface area contributed by atoms with Gasteiger partial charge in [0.15, 0.2) is 11.6 Å². The third-order valence-corrected chi connectivity index (χ3v) is 7.37. The van der Waals surface area contributed by atoms with Crippen molar-refractivity contribution >= 4 is 21.6 Å². The summed E-state index contributed by atoms with van der Waals surface area (Å²) >= 11 is 0. The summed E-state index contributed by atoms with van der Waals surface area (Å²) in [5.41, 5.74) is 2.28. The van der Waals surface area contributed by atoms with Gasteiger partial charge < -0.3 is 4.90 Å². The molecule has 0 saturated carbocycles. The number of aryl methyl sites for hydroxylation is 3. The minimum Gasteiger partial charge on any atom is -0.354 e. The molecule has 0 radical (unpaired) electrons. The van der Waals surface area contributed by atoms with Crippen molar-refractivity contribution in [3.63, 3.8) is 0 Å². The number of ketones is 1. The van der Waals surface area contributed by atoms with E-state index in [2.05, 4.69) is 20.0 Å². The highest BCUT2D eigenvalue weighted by atomic mass is 32.2. The molecule has 168 valence electrons. The monoisotopic (exact) mass is 454 g/mol. The molecule has 32 heavy (non-hydrogen) atoms. The molecule has 0 bridgehead atoms. The number of carbonyl (C=O) groups excluding carboxylic acids is 1. The molecule has 0 N–H and O–H groups in total. The summed E-state index contributed by atoms with van der Waals surface area (Å²) in [5.74, 6) is 1.90. The minimum absolute atomic E-state index is 0.142. The van der Waals surface area contributed by atoms with Gasteiger partial charge in [-0.3, -0.25) is 4.79 Å². The normalized spacial score (nSPS) is 15.2. The molecular formula is C22H26N6O3S. The maximum absolute atomic E-state index is 13.1. The van der Waals surface area contributed by atoms with E-state index >= 15 is 0 Å².